The van der Waals surface area contributed by atoms with E-state index in [2.05, 4.69) is 12.1 Å². The van der Waals surface area contributed by atoms with Gasteiger partial charge in [-0.25, -0.2) is 15.0 Å². The standard InChI is InChI=1S/C55H33N3O2/c1-3-12-34(13-4-1)35-22-26-38(27-23-35)53-56-54(58-55(57-53)40-30-31-44-46-20-11-19-41(36-14-5-2-6-15-36)51(46)60-50(44)32-40)39-28-24-37(25-29-39)47-33-48-43-17-9-10-21-49(43)59-52(48)45-18-8-7-16-42(45)47/h1-33H/i7D,8D,9D,10D,16D,17D,18D,21D,33D. The Labute approximate surface area is 357 Å². The molecule has 0 saturated carbocycles. The molecule has 280 valence electrons. The highest BCUT2D eigenvalue weighted by atomic mass is 16.3. The molecule has 0 saturated heterocycles. The van der Waals surface area contributed by atoms with Gasteiger partial charge in [-0.05, 0) is 57.4 Å². The summed E-state index contributed by atoms with van der Waals surface area (Å²) in [5, 5.41) is 1.87. The molecule has 5 heteroatoms. The fourth-order valence-electron chi connectivity index (χ4n) is 7.96. The Morgan fingerprint density at radius 1 is 0.333 bits per heavy atom. The molecule has 0 radical (unpaired) electrons. The molecule has 0 fully saturated rings. The Morgan fingerprint density at radius 3 is 1.58 bits per heavy atom. The van der Waals surface area contributed by atoms with Gasteiger partial charge in [-0.2, -0.15) is 0 Å². The zero-order valence-electron chi connectivity index (χ0n) is 40.5. The van der Waals surface area contributed by atoms with Crippen LogP contribution >= 0.6 is 0 Å². The number of hydrogen-bond donors (Lipinski definition) is 0. The van der Waals surface area contributed by atoms with E-state index in [1.165, 1.54) is 0 Å². The summed E-state index contributed by atoms with van der Waals surface area (Å²) in [6.07, 6.45) is 0. The number of benzene rings is 9. The normalized spacial score (nSPS) is 13.8. The van der Waals surface area contributed by atoms with Gasteiger partial charge in [-0.15, -0.1) is 0 Å². The van der Waals surface area contributed by atoms with Gasteiger partial charge in [-0.3, -0.25) is 0 Å². The van der Waals surface area contributed by atoms with Gasteiger partial charge in [0.25, 0.3) is 0 Å². The van der Waals surface area contributed by atoms with Crippen LogP contribution in [0.2, 0.25) is 0 Å². The number of para-hydroxylation sites is 2. The third-order valence-corrected chi connectivity index (χ3v) is 10.9. The molecular formula is C55H33N3O2. The average molecular weight is 777 g/mol. The molecule has 0 aliphatic carbocycles. The minimum absolute atomic E-state index is 0.0105. The molecular weight excluding hydrogens is 735 g/mol. The quantitative estimate of drug-likeness (QED) is 0.168. The van der Waals surface area contributed by atoms with Crippen LogP contribution in [0, 0.1) is 0 Å². The third-order valence-electron chi connectivity index (χ3n) is 10.9. The smallest absolute Gasteiger partial charge is 0.164 e. The summed E-state index contributed by atoms with van der Waals surface area (Å²) in [4.78, 5) is 15.0. The number of furan rings is 2. The van der Waals surface area contributed by atoms with Crippen LogP contribution in [-0.4, -0.2) is 15.0 Å². The monoisotopic (exact) mass is 776 g/mol. The van der Waals surface area contributed by atoms with E-state index >= 15 is 0 Å². The topological polar surface area (TPSA) is 65.0 Å². The van der Waals surface area contributed by atoms with E-state index in [0.29, 0.717) is 39.7 Å². The van der Waals surface area contributed by atoms with E-state index in [4.69, 9.17) is 34.8 Å². The van der Waals surface area contributed by atoms with Crippen molar-refractivity contribution >= 4 is 54.6 Å². The zero-order valence-corrected chi connectivity index (χ0v) is 31.5. The molecule has 12 aromatic rings. The SMILES string of the molecule is [2H]c1c([2H])c([2H])c2c(oc3c4c([2H])c([2H])c([2H])c([2H])c4c(-c4ccc(-c5nc(-c6ccc(-c7ccccc7)cc6)nc(-c6ccc7c(c6)oc6c(-c8ccccc8)cccc67)n5)cc4)c([2H])c32)c1[2H]. The molecule has 0 spiro atoms. The number of aromatic nitrogens is 3. The lowest BCUT2D eigenvalue weighted by atomic mass is 9.95. The molecule has 0 aliphatic rings. The van der Waals surface area contributed by atoms with Crippen molar-refractivity contribution in [3.8, 4) is 67.5 Å². The maximum absolute atomic E-state index is 9.62. The van der Waals surface area contributed by atoms with Crippen molar-refractivity contribution < 1.29 is 21.2 Å². The summed E-state index contributed by atoms with van der Waals surface area (Å²) in [6, 6.07) is 43.2. The second kappa shape index (κ2) is 13.8. The van der Waals surface area contributed by atoms with Crippen LogP contribution in [0.15, 0.2) is 209 Å². The Hall–Kier alpha value is -8.15. The van der Waals surface area contributed by atoms with Gasteiger partial charge in [0.05, 0.1) is 12.3 Å². The molecule has 0 unspecified atom stereocenters. The van der Waals surface area contributed by atoms with Crippen molar-refractivity contribution in [3.05, 3.63) is 200 Å². The number of nitrogens with zero attached hydrogens (tertiary/aromatic N) is 3. The van der Waals surface area contributed by atoms with Gasteiger partial charge < -0.3 is 8.83 Å². The van der Waals surface area contributed by atoms with Gasteiger partial charge in [0, 0.05) is 49.2 Å². The van der Waals surface area contributed by atoms with E-state index in [9.17, 15) is 1.37 Å². The first kappa shape index (κ1) is 26.0. The fraction of sp³-hybridized carbons (Fsp3) is 0. The highest BCUT2D eigenvalue weighted by molar-refractivity contribution is 6.19. The molecule has 3 aromatic heterocycles. The second-order valence-corrected chi connectivity index (χ2v) is 14.4. The van der Waals surface area contributed by atoms with Crippen LogP contribution in [-0.2, 0) is 0 Å². The second-order valence-electron chi connectivity index (χ2n) is 14.4. The van der Waals surface area contributed by atoms with Crippen molar-refractivity contribution in [2.75, 3.05) is 0 Å². The maximum atomic E-state index is 9.62. The molecule has 0 bridgehead atoms. The van der Waals surface area contributed by atoms with Crippen molar-refractivity contribution in [1.29, 1.82) is 0 Å². The van der Waals surface area contributed by atoms with Crippen LogP contribution in [0.1, 0.15) is 12.3 Å². The van der Waals surface area contributed by atoms with Gasteiger partial charge in [0.2, 0.25) is 0 Å². The van der Waals surface area contributed by atoms with Crippen molar-refractivity contribution in [2.45, 2.75) is 0 Å². The summed E-state index contributed by atoms with van der Waals surface area (Å²) in [5.74, 6) is 1.16. The molecule has 0 atom stereocenters. The van der Waals surface area contributed by atoms with Crippen LogP contribution in [0.5, 0.6) is 0 Å². The summed E-state index contributed by atoms with van der Waals surface area (Å²) in [5.41, 5.74) is 7.82. The van der Waals surface area contributed by atoms with E-state index in [-0.39, 0.29) is 44.3 Å². The molecule has 0 amide bonds. The number of fused-ring (bicyclic) bond motifs is 8. The van der Waals surface area contributed by atoms with Crippen LogP contribution in [0.25, 0.3) is 122 Å². The molecule has 3 heterocycles. The van der Waals surface area contributed by atoms with Gasteiger partial charge in [0.15, 0.2) is 17.5 Å². The Bertz CT molecular complexity index is 4100. The van der Waals surface area contributed by atoms with E-state index in [1.54, 1.807) is 24.3 Å². The Kier molecular flexibility index (Phi) is 5.95. The zero-order chi connectivity index (χ0) is 47.4. The van der Waals surface area contributed by atoms with E-state index < -0.39 is 48.3 Å². The predicted molar refractivity (Wildman–Crippen MR) is 245 cm³/mol. The van der Waals surface area contributed by atoms with Crippen molar-refractivity contribution in [3.63, 3.8) is 0 Å². The lowest BCUT2D eigenvalue weighted by Gasteiger charge is -2.11. The summed E-state index contributed by atoms with van der Waals surface area (Å²) >= 11 is 0. The average Bonchev–Trinajstić information content (AvgIpc) is 3.99. The van der Waals surface area contributed by atoms with Gasteiger partial charge in [-0.1, -0.05) is 176 Å². The minimum atomic E-state index is -0.527. The summed E-state index contributed by atoms with van der Waals surface area (Å²) in [6.45, 7) is 0. The summed E-state index contributed by atoms with van der Waals surface area (Å²) < 4.78 is 91.6. The molecule has 60 heavy (non-hydrogen) atoms. The van der Waals surface area contributed by atoms with Gasteiger partial charge in [0.1, 0.15) is 22.3 Å². The maximum Gasteiger partial charge on any atom is 0.164 e. The van der Waals surface area contributed by atoms with Crippen LogP contribution in [0.3, 0.4) is 0 Å². The first-order valence-corrected chi connectivity index (χ1v) is 19.4. The number of hydrogen-bond acceptors (Lipinski definition) is 5. The molecule has 12 rings (SSSR count). The predicted octanol–water partition coefficient (Wildman–Crippen LogP) is 14.8. The minimum Gasteiger partial charge on any atom is -0.455 e. The van der Waals surface area contributed by atoms with Gasteiger partial charge >= 0.3 is 0 Å². The molecule has 0 N–H and O–H groups in total. The number of rotatable bonds is 6. The van der Waals surface area contributed by atoms with Crippen molar-refractivity contribution in [1.82, 2.24) is 15.0 Å². The Balaban J connectivity index is 1.03. The first-order chi connectivity index (χ1) is 33.5. The highest BCUT2D eigenvalue weighted by Gasteiger charge is 2.18. The highest BCUT2D eigenvalue weighted by Crippen LogP contribution is 2.41. The lowest BCUT2D eigenvalue weighted by Crippen LogP contribution is -2.00. The van der Waals surface area contributed by atoms with Crippen LogP contribution in [0.4, 0.5) is 0 Å². The van der Waals surface area contributed by atoms with Crippen LogP contribution < -0.4 is 0 Å². The fourth-order valence-corrected chi connectivity index (χ4v) is 7.96. The molecule has 9 aromatic carbocycles. The van der Waals surface area contributed by atoms with E-state index in [1.807, 2.05) is 109 Å². The molecule has 5 nitrogen and oxygen atoms in total. The third kappa shape index (κ3) is 5.67. The Morgan fingerprint density at radius 2 is 0.867 bits per heavy atom. The lowest BCUT2D eigenvalue weighted by molar-refractivity contribution is 0.670. The van der Waals surface area contributed by atoms with E-state index in [0.717, 1.165) is 44.2 Å². The largest absolute Gasteiger partial charge is 0.455 e. The first-order valence-electron chi connectivity index (χ1n) is 23.9. The summed E-state index contributed by atoms with van der Waals surface area (Å²) in [7, 11) is 0. The van der Waals surface area contributed by atoms with Crippen molar-refractivity contribution in [2.24, 2.45) is 0 Å². The molecule has 0 aliphatic heterocycles.